The van der Waals surface area contributed by atoms with Gasteiger partial charge in [-0.25, -0.2) is 13.4 Å². The largest absolute Gasteiger partial charge is 0.322 e. The summed E-state index contributed by atoms with van der Waals surface area (Å²) in [7, 11) is -2.96. The average Bonchev–Trinajstić information content (AvgIpc) is 3.36. The van der Waals surface area contributed by atoms with Gasteiger partial charge in [0.1, 0.15) is 5.01 Å². The number of hydrogen-bond acceptors (Lipinski definition) is 6. The van der Waals surface area contributed by atoms with Crippen molar-refractivity contribution in [2.75, 3.05) is 16.8 Å². The Morgan fingerprint density at radius 3 is 2.64 bits per heavy atom. The number of hydrogen-bond donors (Lipinski definition) is 1. The highest BCUT2D eigenvalue weighted by atomic mass is 32.2. The number of anilines is 1. The molecule has 168 valence electrons. The van der Waals surface area contributed by atoms with E-state index in [9.17, 15) is 13.2 Å². The van der Waals surface area contributed by atoms with Crippen molar-refractivity contribution in [1.82, 2.24) is 4.98 Å². The van der Waals surface area contributed by atoms with Crippen molar-refractivity contribution in [1.29, 1.82) is 0 Å². The van der Waals surface area contributed by atoms with E-state index in [-0.39, 0.29) is 22.7 Å². The molecule has 0 spiro atoms. The van der Waals surface area contributed by atoms with Gasteiger partial charge in [0, 0.05) is 21.4 Å². The lowest BCUT2D eigenvalue weighted by Gasteiger charge is -2.13. The molecule has 1 amide bonds. The van der Waals surface area contributed by atoms with Crippen molar-refractivity contribution in [2.45, 2.75) is 23.5 Å². The van der Waals surface area contributed by atoms with E-state index < -0.39 is 9.84 Å². The van der Waals surface area contributed by atoms with Crippen molar-refractivity contribution in [3.05, 3.63) is 77.9 Å². The highest BCUT2D eigenvalue weighted by Crippen LogP contribution is 2.34. The van der Waals surface area contributed by atoms with E-state index in [0.717, 1.165) is 25.7 Å². The number of nitrogens with zero attached hydrogens (tertiary/aromatic N) is 1. The standard InChI is InChI=1S/C25H22N2O3S3/c1-16-6-11-21-23(14-16)32-25(27-21)17-7-9-18(10-8-17)26-24(28)20-4-2-3-5-22(20)31-19-12-13-33(29,30)15-19/h2-11,14,19H,12-13,15H2,1H3,(H,26,28)/t19-/m0/s1. The number of carbonyl (C=O) groups excluding carboxylic acids is 1. The van der Waals surface area contributed by atoms with Gasteiger partial charge in [0.15, 0.2) is 9.84 Å². The van der Waals surface area contributed by atoms with E-state index in [4.69, 9.17) is 4.98 Å². The molecule has 0 saturated carbocycles. The van der Waals surface area contributed by atoms with Gasteiger partial charge in [0.05, 0.1) is 27.3 Å². The van der Waals surface area contributed by atoms with Crippen molar-refractivity contribution in [3.63, 3.8) is 0 Å². The molecule has 3 aromatic carbocycles. The molecule has 1 atom stereocenters. The SMILES string of the molecule is Cc1ccc2nc(-c3ccc(NC(=O)c4ccccc4S[C@H]4CCS(=O)(=O)C4)cc3)sc2c1. The highest BCUT2D eigenvalue weighted by molar-refractivity contribution is 8.02. The maximum atomic E-state index is 13.0. The first-order valence-electron chi connectivity index (χ1n) is 10.6. The van der Waals surface area contributed by atoms with Gasteiger partial charge in [-0.15, -0.1) is 23.1 Å². The van der Waals surface area contributed by atoms with Gasteiger partial charge < -0.3 is 5.32 Å². The second-order valence-electron chi connectivity index (χ2n) is 8.16. The number of nitrogens with one attached hydrogen (secondary N) is 1. The Bertz CT molecular complexity index is 1440. The maximum absolute atomic E-state index is 13.0. The number of sulfone groups is 1. The first kappa shape index (κ1) is 22.1. The number of thioether (sulfide) groups is 1. The molecule has 1 saturated heterocycles. The molecular weight excluding hydrogens is 472 g/mol. The molecule has 1 aliphatic heterocycles. The van der Waals surface area contributed by atoms with Crippen LogP contribution in [0.1, 0.15) is 22.3 Å². The molecule has 2 heterocycles. The van der Waals surface area contributed by atoms with Crippen LogP contribution in [-0.2, 0) is 9.84 Å². The van der Waals surface area contributed by atoms with Crippen molar-refractivity contribution >= 4 is 54.7 Å². The maximum Gasteiger partial charge on any atom is 0.256 e. The van der Waals surface area contributed by atoms with E-state index in [0.29, 0.717) is 17.7 Å². The number of amides is 1. The Morgan fingerprint density at radius 1 is 1.09 bits per heavy atom. The summed E-state index contributed by atoms with van der Waals surface area (Å²) in [6.07, 6.45) is 0.621. The quantitative estimate of drug-likeness (QED) is 0.379. The Labute approximate surface area is 201 Å². The summed E-state index contributed by atoms with van der Waals surface area (Å²) in [5, 5.41) is 3.90. The molecule has 1 aromatic heterocycles. The molecular formula is C25H22N2O3S3. The van der Waals surface area contributed by atoms with Crippen molar-refractivity contribution < 1.29 is 13.2 Å². The van der Waals surface area contributed by atoms with Crippen LogP contribution in [0.5, 0.6) is 0 Å². The summed E-state index contributed by atoms with van der Waals surface area (Å²) in [5.74, 6) is 0.183. The summed E-state index contributed by atoms with van der Waals surface area (Å²) in [5.41, 5.74) is 4.46. The number of carbonyl (C=O) groups is 1. The predicted octanol–water partition coefficient (Wildman–Crippen LogP) is 5.80. The highest BCUT2D eigenvalue weighted by Gasteiger charge is 2.29. The summed E-state index contributed by atoms with van der Waals surface area (Å²) >= 11 is 3.13. The summed E-state index contributed by atoms with van der Waals surface area (Å²) < 4.78 is 24.7. The molecule has 1 aliphatic rings. The Hall–Kier alpha value is -2.68. The normalized spacial score (nSPS) is 17.3. The van der Waals surface area contributed by atoms with Gasteiger partial charge in [-0.05, 0) is 67.4 Å². The summed E-state index contributed by atoms with van der Waals surface area (Å²) in [4.78, 5) is 18.5. The fourth-order valence-electron chi connectivity index (χ4n) is 3.84. The Balaban J connectivity index is 1.31. The molecule has 1 fully saturated rings. The van der Waals surface area contributed by atoms with Gasteiger partial charge in [0.2, 0.25) is 0 Å². The molecule has 0 aliphatic carbocycles. The Kier molecular flexibility index (Phi) is 5.99. The van der Waals surface area contributed by atoms with Crippen LogP contribution < -0.4 is 5.32 Å². The van der Waals surface area contributed by atoms with E-state index in [1.165, 1.54) is 17.3 Å². The van der Waals surface area contributed by atoms with Gasteiger partial charge in [-0.3, -0.25) is 4.79 Å². The van der Waals surface area contributed by atoms with Gasteiger partial charge >= 0.3 is 0 Å². The van der Waals surface area contributed by atoms with Crippen LogP contribution in [0.4, 0.5) is 5.69 Å². The third-order valence-corrected chi connectivity index (χ3v) is 9.94. The number of rotatable bonds is 5. The van der Waals surface area contributed by atoms with Gasteiger partial charge in [0.25, 0.3) is 5.91 Å². The lowest BCUT2D eigenvalue weighted by molar-refractivity contribution is 0.102. The van der Waals surface area contributed by atoms with Crippen molar-refractivity contribution in [3.8, 4) is 10.6 Å². The number of fused-ring (bicyclic) bond motifs is 1. The van der Waals surface area contributed by atoms with E-state index in [2.05, 4.69) is 24.4 Å². The van der Waals surface area contributed by atoms with E-state index in [1.807, 2.05) is 48.5 Å². The molecule has 33 heavy (non-hydrogen) atoms. The van der Waals surface area contributed by atoms with Crippen molar-refractivity contribution in [2.24, 2.45) is 0 Å². The molecule has 1 N–H and O–H groups in total. The molecule has 4 aromatic rings. The number of thiazole rings is 1. The third kappa shape index (κ3) is 4.98. The van der Waals surface area contributed by atoms with E-state index >= 15 is 0 Å². The molecule has 0 unspecified atom stereocenters. The Morgan fingerprint density at radius 2 is 1.88 bits per heavy atom. The zero-order valence-corrected chi connectivity index (χ0v) is 20.4. The van der Waals surface area contributed by atoms with E-state index in [1.54, 1.807) is 17.4 Å². The second-order valence-corrected chi connectivity index (χ2v) is 12.8. The van der Waals surface area contributed by atoms with Gasteiger partial charge in [-0.2, -0.15) is 0 Å². The van der Waals surface area contributed by atoms with Crippen LogP contribution in [0, 0.1) is 6.92 Å². The smallest absolute Gasteiger partial charge is 0.256 e. The zero-order valence-electron chi connectivity index (χ0n) is 17.9. The molecule has 5 nitrogen and oxygen atoms in total. The van der Waals surface area contributed by atoms with Crippen LogP contribution in [0.2, 0.25) is 0 Å². The lowest BCUT2D eigenvalue weighted by Crippen LogP contribution is -2.14. The topological polar surface area (TPSA) is 76.1 Å². The van der Waals surface area contributed by atoms with Crippen LogP contribution in [0.25, 0.3) is 20.8 Å². The number of aryl methyl sites for hydroxylation is 1. The van der Waals surface area contributed by atoms with Crippen LogP contribution in [-0.4, -0.2) is 36.1 Å². The van der Waals surface area contributed by atoms with Gasteiger partial charge in [-0.1, -0.05) is 18.2 Å². The first-order chi connectivity index (χ1) is 15.9. The van der Waals surface area contributed by atoms with Crippen LogP contribution >= 0.6 is 23.1 Å². The lowest BCUT2D eigenvalue weighted by atomic mass is 10.2. The number of benzene rings is 3. The molecule has 0 bridgehead atoms. The van der Waals surface area contributed by atoms with Crippen LogP contribution in [0.3, 0.4) is 0 Å². The fourth-order valence-corrected chi connectivity index (χ4v) is 8.54. The minimum absolute atomic E-state index is 0.0131. The zero-order chi connectivity index (χ0) is 23.0. The fraction of sp³-hybridized carbons (Fsp3) is 0.200. The second kappa shape index (κ2) is 8.93. The monoisotopic (exact) mass is 494 g/mol. The minimum Gasteiger partial charge on any atom is -0.322 e. The predicted molar refractivity (Wildman–Crippen MR) is 137 cm³/mol. The average molecular weight is 495 g/mol. The summed E-state index contributed by atoms with van der Waals surface area (Å²) in [6.45, 7) is 2.07. The minimum atomic E-state index is -2.96. The first-order valence-corrected chi connectivity index (χ1v) is 14.1. The van der Waals surface area contributed by atoms with Crippen LogP contribution in [0.15, 0.2) is 71.6 Å². The number of aromatic nitrogens is 1. The molecule has 0 radical (unpaired) electrons. The third-order valence-electron chi connectivity index (χ3n) is 5.55. The summed E-state index contributed by atoms with van der Waals surface area (Å²) in [6, 6.07) is 21.3. The molecule has 8 heteroatoms. The molecule has 5 rings (SSSR count).